The van der Waals surface area contributed by atoms with Crippen molar-refractivity contribution in [2.45, 2.75) is 110 Å². The first kappa shape index (κ1) is 23.6. The van der Waals surface area contributed by atoms with Crippen molar-refractivity contribution in [3.05, 3.63) is 0 Å². The Bertz CT molecular complexity index is 302. The van der Waals surface area contributed by atoms with Crippen LogP contribution in [0.15, 0.2) is 0 Å². The summed E-state index contributed by atoms with van der Waals surface area (Å²) in [4.78, 5) is 0. The van der Waals surface area contributed by atoms with Crippen molar-refractivity contribution in [2.24, 2.45) is 5.92 Å². The zero-order valence-corrected chi connectivity index (χ0v) is 15.3. The van der Waals surface area contributed by atoms with Crippen molar-refractivity contribution in [1.82, 2.24) is 0 Å². The van der Waals surface area contributed by atoms with Crippen LogP contribution in [0.5, 0.6) is 0 Å². The van der Waals surface area contributed by atoms with E-state index in [9.17, 15) is 22.0 Å². The Kier molecular flexibility index (Phi) is 11.8. The van der Waals surface area contributed by atoms with Crippen molar-refractivity contribution in [2.75, 3.05) is 0 Å². The van der Waals surface area contributed by atoms with E-state index >= 15 is 0 Å². The van der Waals surface area contributed by atoms with Crippen LogP contribution in [0.1, 0.15) is 79.1 Å². The van der Waals surface area contributed by atoms with Gasteiger partial charge >= 0.3 is 6.11 Å². The molecule has 1 saturated carbocycles. The lowest BCUT2D eigenvalue weighted by molar-refractivity contribution is -0.276. The molecular weight excluding hydrogens is 327 g/mol. The highest BCUT2D eigenvalue weighted by Crippen LogP contribution is 2.33. The Labute approximate surface area is 143 Å². The van der Waals surface area contributed by atoms with E-state index in [4.69, 9.17) is 0 Å². The molecule has 146 valence electrons. The predicted octanol–water partition coefficient (Wildman–Crippen LogP) is 6.80. The maximum atomic E-state index is 13.0. The highest BCUT2D eigenvalue weighted by Gasteiger charge is 2.43. The minimum absolute atomic E-state index is 0.198. The number of ether oxygens (including phenoxy) is 1. The first-order chi connectivity index (χ1) is 11.2. The van der Waals surface area contributed by atoms with E-state index in [1.54, 1.807) is 6.92 Å². The average molecular weight is 360 g/mol. The number of rotatable bonds is 8. The molecule has 1 aliphatic rings. The molecule has 3 atom stereocenters. The third-order valence-electron chi connectivity index (χ3n) is 4.29. The van der Waals surface area contributed by atoms with Crippen molar-refractivity contribution < 1.29 is 26.7 Å². The van der Waals surface area contributed by atoms with E-state index in [0.717, 1.165) is 5.92 Å². The molecule has 6 heteroatoms. The Balaban J connectivity index is 0.000000561. The van der Waals surface area contributed by atoms with Crippen LogP contribution < -0.4 is 0 Å². The SMILES string of the molecule is CCCC(F)(F)OC1CC(F)C(F)C(F)C1.CCCCC(C)CC. The van der Waals surface area contributed by atoms with Gasteiger partial charge in [0.2, 0.25) is 0 Å². The summed E-state index contributed by atoms with van der Waals surface area (Å²) >= 11 is 0. The maximum absolute atomic E-state index is 13.0. The molecule has 3 unspecified atom stereocenters. The number of hydrogen-bond donors (Lipinski definition) is 0. The van der Waals surface area contributed by atoms with Crippen molar-refractivity contribution in [1.29, 1.82) is 0 Å². The van der Waals surface area contributed by atoms with Gasteiger partial charge in [-0.05, 0) is 12.3 Å². The summed E-state index contributed by atoms with van der Waals surface area (Å²) < 4.78 is 68.9. The van der Waals surface area contributed by atoms with Gasteiger partial charge in [0.1, 0.15) is 12.3 Å². The Hall–Kier alpha value is -0.390. The Morgan fingerprint density at radius 2 is 1.54 bits per heavy atom. The second kappa shape index (κ2) is 12.0. The minimum Gasteiger partial charge on any atom is -0.317 e. The fraction of sp³-hybridized carbons (Fsp3) is 1.00. The lowest BCUT2D eigenvalue weighted by Crippen LogP contribution is -2.43. The minimum atomic E-state index is -3.39. The summed E-state index contributed by atoms with van der Waals surface area (Å²) in [6, 6.07) is 0. The summed E-state index contributed by atoms with van der Waals surface area (Å²) in [6.45, 7) is 8.39. The largest absolute Gasteiger partial charge is 0.355 e. The van der Waals surface area contributed by atoms with Crippen molar-refractivity contribution in [3.63, 3.8) is 0 Å². The van der Waals surface area contributed by atoms with Gasteiger partial charge < -0.3 is 4.74 Å². The normalized spacial score (nSPS) is 28.9. The fourth-order valence-electron chi connectivity index (χ4n) is 2.53. The third kappa shape index (κ3) is 9.80. The molecule has 0 aromatic rings. The van der Waals surface area contributed by atoms with Gasteiger partial charge in [0, 0.05) is 19.3 Å². The molecule has 0 N–H and O–H groups in total. The lowest BCUT2D eigenvalue weighted by atomic mass is 9.92. The number of halogens is 5. The van der Waals surface area contributed by atoms with Crippen LogP contribution in [-0.4, -0.2) is 30.7 Å². The zero-order chi connectivity index (χ0) is 18.8. The molecular formula is C18H33F5O. The first-order valence-electron chi connectivity index (χ1n) is 9.14. The number of unbranched alkanes of at least 4 members (excludes halogenated alkanes) is 1. The van der Waals surface area contributed by atoms with Crippen LogP contribution >= 0.6 is 0 Å². The summed E-state index contributed by atoms with van der Waals surface area (Å²) in [5, 5.41) is 0. The van der Waals surface area contributed by atoms with E-state index in [0.29, 0.717) is 0 Å². The van der Waals surface area contributed by atoms with E-state index < -0.39 is 50.0 Å². The van der Waals surface area contributed by atoms with E-state index in [-0.39, 0.29) is 6.42 Å². The molecule has 1 nitrogen and oxygen atoms in total. The van der Waals surface area contributed by atoms with Crippen LogP contribution in [0.4, 0.5) is 22.0 Å². The lowest BCUT2D eigenvalue weighted by Gasteiger charge is -2.32. The van der Waals surface area contributed by atoms with Crippen molar-refractivity contribution >= 4 is 0 Å². The smallest absolute Gasteiger partial charge is 0.317 e. The van der Waals surface area contributed by atoms with Gasteiger partial charge in [0.25, 0.3) is 0 Å². The molecule has 1 fully saturated rings. The molecule has 0 radical (unpaired) electrons. The predicted molar refractivity (Wildman–Crippen MR) is 87.6 cm³/mol. The van der Waals surface area contributed by atoms with Gasteiger partial charge in [-0.2, -0.15) is 8.78 Å². The van der Waals surface area contributed by atoms with Crippen LogP contribution in [0, 0.1) is 5.92 Å². The first-order valence-corrected chi connectivity index (χ1v) is 9.14. The van der Waals surface area contributed by atoms with E-state index in [1.165, 1.54) is 25.7 Å². The monoisotopic (exact) mass is 360 g/mol. The number of hydrogen-bond acceptors (Lipinski definition) is 1. The fourth-order valence-corrected chi connectivity index (χ4v) is 2.53. The highest BCUT2D eigenvalue weighted by atomic mass is 19.3. The van der Waals surface area contributed by atoms with E-state index in [2.05, 4.69) is 25.5 Å². The van der Waals surface area contributed by atoms with Crippen LogP contribution in [0.2, 0.25) is 0 Å². The van der Waals surface area contributed by atoms with E-state index in [1.807, 2.05) is 0 Å². The topological polar surface area (TPSA) is 9.23 Å². The molecule has 0 aliphatic heterocycles. The second-order valence-corrected chi connectivity index (χ2v) is 6.73. The van der Waals surface area contributed by atoms with Gasteiger partial charge in [0.15, 0.2) is 6.17 Å². The Morgan fingerprint density at radius 1 is 1.00 bits per heavy atom. The third-order valence-corrected chi connectivity index (χ3v) is 4.29. The molecule has 0 amide bonds. The molecule has 0 saturated heterocycles. The molecule has 1 rings (SSSR count). The van der Waals surface area contributed by atoms with Crippen LogP contribution in [0.3, 0.4) is 0 Å². The standard InChI is InChI=1S/C10H15F5O.C8H18/c1-2-3-10(14,15)16-6-4-7(11)9(13)8(12)5-6;1-4-6-7-8(3)5-2/h6-9H,2-5H2,1H3;8H,4-7H2,1-3H3. The number of alkyl halides is 5. The molecule has 0 heterocycles. The molecule has 0 bridgehead atoms. The maximum Gasteiger partial charge on any atom is 0.355 e. The summed E-state index contributed by atoms with van der Waals surface area (Å²) in [6.07, 6.45) is -6.79. The average Bonchev–Trinajstić information content (AvgIpc) is 2.50. The molecule has 0 aromatic carbocycles. The summed E-state index contributed by atoms with van der Waals surface area (Å²) in [5.41, 5.74) is 0. The highest BCUT2D eigenvalue weighted by molar-refractivity contribution is 4.88. The quantitative estimate of drug-likeness (QED) is 0.433. The Morgan fingerprint density at radius 3 is 1.96 bits per heavy atom. The van der Waals surface area contributed by atoms with Gasteiger partial charge in [-0.25, -0.2) is 13.2 Å². The van der Waals surface area contributed by atoms with Gasteiger partial charge in [-0.3, -0.25) is 0 Å². The molecule has 1 aliphatic carbocycles. The summed E-state index contributed by atoms with van der Waals surface area (Å²) in [5.74, 6) is 0.954. The zero-order valence-electron chi connectivity index (χ0n) is 15.3. The van der Waals surface area contributed by atoms with Crippen molar-refractivity contribution in [3.8, 4) is 0 Å². The molecule has 0 aromatic heterocycles. The van der Waals surface area contributed by atoms with Crippen LogP contribution in [-0.2, 0) is 4.74 Å². The summed E-state index contributed by atoms with van der Waals surface area (Å²) in [7, 11) is 0. The molecule has 24 heavy (non-hydrogen) atoms. The van der Waals surface area contributed by atoms with Gasteiger partial charge in [-0.15, -0.1) is 0 Å². The van der Waals surface area contributed by atoms with Crippen LogP contribution in [0.25, 0.3) is 0 Å². The molecule has 0 spiro atoms. The second-order valence-electron chi connectivity index (χ2n) is 6.73. The van der Waals surface area contributed by atoms with Gasteiger partial charge in [0.05, 0.1) is 6.10 Å². The van der Waals surface area contributed by atoms with Gasteiger partial charge in [-0.1, -0.05) is 53.4 Å².